The number of nitrogens with one attached hydrogen (secondary N) is 4. The summed E-state index contributed by atoms with van der Waals surface area (Å²) in [7, 11) is -3.75. The highest BCUT2D eigenvalue weighted by molar-refractivity contribution is 8.00. The second kappa shape index (κ2) is 12.6. The summed E-state index contributed by atoms with van der Waals surface area (Å²) in [5.41, 5.74) is -1.30. The number of sulfonamides is 1. The van der Waals surface area contributed by atoms with E-state index in [4.69, 9.17) is 11.6 Å². The number of piperidine rings is 1. The van der Waals surface area contributed by atoms with Crippen LogP contribution in [0.4, 0.5) is 13.2 Å². The second-order valence-corrected chi connectivity index (χ2v) is 11.8. The van der Waals surface area contributed by atoms with Gasteiger partial charge in [-0.2, -0.15) is 13.2 Å². The van der Waals surface area contributed by atoms with Crippen LogP contribution in [0, 0.1) is 6.92 Å². The summed E-state index contributed by atoms with van der Waals surface area (Å²) in [5.74, 6) is -1.21. The largest absolute Gasteiger partial charge is 0.417 e. The van der Waals surface area contributed by atoms with Gasteiger partial charge in [0.05, 0.1) is 21.2 Å². The highest BCUT2D eigenvalue weighted by Gasteiger charge is 2.40. The van der Waals surface area contributed by atoms with Gasteiger partial charge in [-0.1, -0.05) is 41.1 Å². The van der Waals surface area contributed by atoms with Crippen LogP contribution in [0.15, 0.2) is 46.5 Å². The van der Waals surface area contributed by atoms with Crippen LogP contribution in [0.5, 0.6) is 0 Å². The highest BCUT2D eigenvalue weighted by Crippen LogP contribution is 2.33. The SMILES string of the molecule is Cc1ccc(S(=O)(=O)NCCNC(=O)C2(NC(=O)CSc3ncc(C(F)(F)F)cc3Cl)CCNCC2)cc1. The number of carbonyl (C=O) groups is 2. The molecular weight excluding hydrogens is 567 g/mol. The Labute approximate surface area is 227 Å². The van der Waals surface area contributed by atoms with E-state index < -0.39 is 39.1 Å². The Bertz CT molecular complexity index is 1250. The fraction of sp³-hybridized carbons (Fsp3) is 0.435. The normalized spacial score (nSPS) is 15.6. The lowest BCUT2D eigenvalue weighted by Crippen LogP contribution is -2.63. The number of amides is 2. The van der Waals surface area contributed by atoms with E-state index in [0.29, 0.717) is 32.1 Å². The number of hydrogen-bond acceptors (Lipinski definition) is 7. The topological polar surface area (TPSA) is 129 Å². The van der Waals surface area contributed by atoms with Gasteiger partial charge in [0.2, 0.25) is 21.8 Å². The molecule has 0 spiro atoms. The maximum atomic E-state index is 13.1. The van der Waals surface area contributed by atoms with Crippen molar-refractivity contribution in [2.45, 2.75) is 41.4 Å². The fourth-order valence-corrected chi connectivity index (χ4v) is 5.74. The van der Waals surface area contributed by atoms with E-state index in [1.807, 2.05) is 6.92 Å². The van der Waals surface area contributed by atoms with E-state index in [0.717, 1.165) is 23.4 Å². The van der Waals surface area contributed by atoms with Crippen molar-refractivity contribution in [2.24, 2.45) is 0 Å². The van der Waals surface area contributed by atoms with Gasteiger partial charge in [-0.05, 0) is 51.1 Å². The number of carbonyl (C=O) groups excluding carboxylic acids is 2. The van der Waals surface area contributed by atoms with Crippen LogP contribution in [0.25, 0.3) is 0 Å². The summed E-state index contributed by atoms with van der Waals surface area (Å²) < 4.78 is 65.7. The summed E-state index contributed by atoms with van der Waals surface area (Å²) in [6, 6.07) is 7.07. The molecule has 208 valence electrons. The van der Waals surface area contributed by atoms with Gasteiger partial charge in [0, 0.05) is 19.3 Å². The Hall–Kier alpha value is -2.39. The zero-order valence-corrected chi connectivity index (χ0v) is 22.7. The standard InChI is InChI=1S/C23H27ClF3N5O4S2/c1-15-2-4-17(5-3-15)38(35,36)31-11-10-29-21(34)22(6-8-28-9-7-22)32-19(33)14-37-20-18(24)12-16(13-30-20)23(25,26)27/h2-5,12-13,28,31H,6-11,14H2,1H3,(H,29,34)(H,32,33). The molecule has 2 aromatic rings. The van der Waals surface area contributed by atoms with E-state index in [9.17, 15) is 31.2 Å². The monoisotopic (exact) mass is 593 g/mol. The first kappa shape index (κ1) is 30.2. The predicted octanol–water partition coefficient (Wildman–Crippen LogP) is 2.49. The summed E-state index contributed by atoms with van der Waals surface area (Å²) in [5, 5.41) is 8.36. The summed E-state index contributed by atoms with van der Waals surface area (Å²) in [4.78, 5) is 29.6. The van der Waals surface area contributed by atoms with Gasteiger partial charge in [0.15, 0.2) is 0 Å². The number of thioether (sulfide) groups is 1. The quantitative estimate of drug-likeness (QED) is 0.246. The lowest BCUT2D eigenvalue weighted by Gasteiger charge is -2.37. The first-order chi connectivity index (χ1) is 17.8. The third kappa shape index (κ3) is 8.06. The summed E-state index contributed by atoms with van der Waals surface area (Å²) in [6.45, 7) is 2.71. The van der Waals surface area contributed by atoms with Crippen molar-refractivity contribution in [3.05, 3.63) is 52.7 Å². The zero-order chi connectivity index (χ0) is 28.0. The van der Waals surface area contributed by atoms with Crippen molar-refractivity contribution < 1.29 is 31.2 Å². The molecule has 0 saturated carbocycles. The van der Waals surface area contributed by atoms with Gasteiger partial charge in [-0.3, -0.25) is 9.59 Å². The van der Waals surface area contributed by atoms with Crippen LogP contribution in [0.2, 0.25) is 5.02 Å². The Kier molecular flexibility index (Phi) is 10.0. The maximum Gasteiger partial charge on any atom is 0.417 e. The fourth-order valence-electron chi connectivity index (χ4n) is 3.72. The molecule has 38 heavy (non-hydrogen) atoms. The first-order valence-electron chi connectivity index (χ1n) is 11.5. The molecule has 2 heterocycles. The summed E-state index contributed by atoms with van der Waals surface area (Å²) in [6.07, 6.45) is -3.36. The van der Waals surface area contributed by atoms with Crippen molar-refractivity contribution >= 4 is 45.2 Å². The van der Waals surface area contributed by atoms with Crippen LogP contribution in [-0.2, 0) is 25.8 Å². The molecule has 0 aliphatic carbocycles. The molecule has 3 rings (SSSR count). The Morgan fingerprint density at radius 1 is 1.16 bits per heavy atom. The second-order valence-electron chi connectivity index (χ2n) is 8.64. The van der Waals surface area contributed by atoms with Crippen LogP contribution < -0.4 is 20.7 Å². The number of aromatic nitrogens is 1. The summed E-state index contributed by atoms with van der Waals surface area (Å²) >= 11 is 6.75. The van der Waals surface area contributed by atoms with Crippen molar-refractivity contribution in [3.63, 3.8) is 0 Å². The van der Waals surface area contributed by atoms with E-state index in [-0.39, 0.29) is 33.8 Å². The first-order valence-corrected chi connectivity index (χ1v) is 14.4. The molecule has 2 amide bonds. The van der Waals surface area contributed by atoms with Crippen LogP contribution >= 0.6 is 23.4 Å². The Morgan fingerprint density at radius 2 is 1.82 bits per heavy atom. The molecule has 1 fully saturated rings. The Morgan fingerprint density at radius 3 is 2.42 bits per heavy atom. The number of alkyl halides is 3. The third-order valence-electron chi connectivity index (χ3n) is 5.78. The van der Waals surface area contributed by atoms with Crippen LogP contribution in [0.3, 0.4) is 0 Å². The van der Waals surface area contributed by atoms with E-state index in [1.165, 1.54) is 12.1 Å². The average molecular weight is 594 g/mol. The van der Waals surface area contributed by atoms with Crippen molar-refractivity contribution in [1.29, 1.82) is 0 Å². The maximum absolute atomic E-state index is 13.1. The number of benzene rings is 1. The molecule has 1 aromatic carbocycles. The molecule has 4 N–H and O–H groups in total. The van der Waals surface area contributed by atoms with Crippen molar-refractivity contribution in [3.8, 4) is 0 Å². The van der Waals surface area contributed by atoms with Gasteiger partial charge in [-0.15, -0.1) is 0 Å². The van der Waals surface area contributed by atoms with Gasteiger partial charge in [-0.25, -0.2) is 18.1 Å². The minimum atomic E-state index is -4.59. The minimum Gasteiger partial charge on any atom is -0.353 e. The lowest BCUT2D eigenvalue weighted by atomic mass is 9.87. The van der Waals surface area contributed by atoms with Gasteiger partial charge in [0.1, 0.15) is 10.6 Å². The molecule has 1 saturated heterocycles. The Balaban J connectivity index is 1.55. The number of halogens is 4. The molecule has 1 aliphatic heterocycles. The third-order valence-corrected chi connectivity index (χ3v) is 8.66. The lowest BCUT2D eigenvalue weighted by molar-refractivity contribution is -0.137. The van der Waals surface area contributed by atoms with Gasteiger partial charge >= 0.3 is 6.18 Å². The molecule has 0 bridgehead atoms. The average Bonchev–Trinajstić information content (AvgIpc) is 2.86. The van der Waals surface area contributed by atoms with Crippen molar-refractivity contribution in [1.82, 2.24) is 25.7 Å². The van der Waals surface area contributed by atoms with E-state index in [2.05, 4.69) is 25.7 Å². The molecule has 0 atom stereocenters. The molecule has 15 heteroatoms. The zero-order valence-electron chi connectivity index (χ0n) is 20.3. The number of hydrogen-bond donors (Lipinski definition) is 4. The number of aryl methyl sites for hydroxylation is 1. The van der Waals surface area contributed by atoms with E-state index in [1.54, 1.807) is 12.1 Å². The molecule has 0 radical (unpaired) electrons. The number of nitrogens with zero attached hydrogens (tertiary/aromatic N) is 1. The van der Waals surface area contributed by atoms with Crippen molar-refractivity contribution in [2.75, 3.05) is 31.9 Å². The number of rotatable bonds is 10. The molecule has 1 aliphatic rings. The van der Waals surface area contributed by atoms with Crippen LogP contribution in [0.1, 0.15) is 24.0 Å². The molecule has 1 aromatic heterocycles. The van der Waals surface area contributed by atoms with E-state index >= 15 is 0 Å². The molecule has 0 unspecified atom stereocenters. The van der Waals surface area contributed by atoms with Crippen LogP contribution in [-0.4, -0.2) is 62.7 Å². The molecular formula is C23H27ClF3N5O4S2. The smallest absolute Gasteiger partial charge is 0.353 e. The van der Waals surface area contributed by atoms with Gasteiger partial charge < -0.3 is 16.0 Å². The van der Waals surface area contributed by atoms with Gasteiger partial charge in [0.25, 0.3) is 0 Å². The molecule has 9 nitrogen and oxygen atoms in total. The predicted molar refractivity (Wildman–Crippen MR) is 137 cm³/mol. The minimum absolute atomic E-state index is 0.00515. The highest BCUT2D eigenvalue weighted by atomic mass is 35.5. The number of pyridine rings is 1.